The fourth-order valence-electron chi connectivity index (χ4n) is 0.815. The largest absolute Gasteiger partial charge is 0.481 e. The van der Waals surface area contributed by atoms with Gasteiger partial charge < -0.3 is 5.11 Å². The minimum Gasteiger partial charge on any atom is -0.481 e. The summed E-state index contributed by atoms with van der Waals surface area (Å²) in [6, 6.07) is 0. The van der Waals surface area contributed by atoms with Crippen LogP contribution in [0.25, 0.3) is 0 Å². The smallest absolute Gasteiger partial charge is 0.303 e. The SMILES string of the molecule is CSC(CCC(=O)O)NCC(C)=O. The first-order valence-corrected chi connectivity index (χ1v) is 5.32. The molecule has 0 fully saturated rings. The first kappa shape index (κ1) is 12.4. The molecule has 0 heterocycles. The Morgan fingerprint density at radius 3 is 2.54 bits per heavy atom. The van der Waals surface area contributed by atoms with Gasteiger partial charge in [0.05, 0.1) is 11.9 Å². The van der Waals surface area contributed by atoms with Crippen molar-refractivity contribution in [1.29, 1.82) is 0 Å². The van der Waals surface area contributed by atoms with Crippen LogP contribution in [0.3, 0.4) is 0 Å². The molecule has 0 spiro atoms. The average molecular weight is 205 g/mol. The van der Waals surface area contributed by atoms with E-state index in [4.69, 9.17) is 5.11 Å². The lowest BCUT2D eigenvalue weighted by Gasteiger charge is -2.13. The minimum atomic E-state index is -0.802. The van der Waals surface area contributed by atoms with E-state index >= 15 is 0 Å². The monoisotopic (exact) mass is 205 g/mol. The molecular weight excluding hydrogens is 190 g/mol. The number of carbonyl (C=O) groups is 2. The predicted octanol–water partition coefficient (Wildman–Crippen LogP) is 0.719. The molecule has 0 aromatic carbocycles. The number of hydrogen-bond donors (Lipinski definition) is 2. The summed E-state index contributed by atoms with van der Waals surface area (Å²) in [5.74, 6) is -0.738. The lowest BCUT2D eigenvalue weighted by molar-refractivity contribution is -0.137. The van der Waals surface area contributed by atoms with E-state index in [0.717, 1.165) is 0 Å². The second-order valence-corrected chi connectivity index (χ2v) is 3.78. The van der Waals surface area contributed by atoms with Crippen LogP contribution in [0, 0.1) is 0 Å². The van der Waals surface area contributed by atoms with E-state index in [1.54, 1.807) is 0 Å². The molecule has 5 heteroatoms. The standard InChI is InChI=1S/C8H15NO3S/c1-6(10)5-9-7(13-2)3-4-8(11)12/h7,9H,3-5H2,1-2H3,(H,11,12). The molecule has 0 rings (SSSR count). The van der Waals surface area contributed by atoms with Crippen LogP contribution in [0.1, 0.15) is 19.8 Å². The summed E-state index contributed by atoms with van der Waals surface area (Å²) in [4.78, 5) is 20.9. The second-order valence-electron chi connectivity index (χ2n) is 2.74. The summed E-state index contributed by atoms with van der Waals surface area (Å²) in [5.41, 5.74) is 0. The Morgan fingerprint density at radius 1 is 1.54 bits per heavy atom. The van der Waals surface area contributed by atoms with Gasteiger partial charge in [0.25, 0.3) is 0 Å². The van der Waals surface area contributed by atoms with Crippen molar-refractivity contribution in [3.8, 4) is 0 Å². The summed E-state index contributed by atoms with van der Waals surface area (Å²) >= 11 is 1.53. The minimum absolute atomic E-state index is 0.0556. The molecule has 0 saturated carbocycles. The average Bonchev–Trinajstić information content (AvgIpc) is 2.04. The van der Waals surface area contributed by atoms with Crippen molar-refractivity contribution in [1.82, 2.24) is 5.32 Å². The number of nitrogens with one attached hydrogen (secondary N) is 1. The highest BCUT2D eigenvalue weighted by molar-refractivity contribution is 7.99. The Kier molecular flexibility index (Phi) is 6.62. The number of ketones is 1. The zero-order chi connectivity index (χ0) is 10.3. The van der Waals surface area contributed by atoms with E-state index in [-0.39, 0.29) is 17.6 Å². The third-order valence-corrected chi connectivity index (χ3v) is 2.45. The Bertz CT molecular complexity index is 166. The van der Waals surface area contributed by atoms with Crippen molar-refractivity contribution < 1.29 is 14.7 Å². The van der Waals surface area contributed by atoms with E-state index in [1.165, 1.54) is 18.7 Å². The van der Waals surface area contributed by atoms with E-state index in [1.807, 2.05) is 6.26 Å². The molecule has 4 nitrogen and oxygen atoms in total. The summed E-state index contributed by atoms with van der Waals surface area (Å²) < 4.78 is 0. The van der Waals surface area contributed by atoms with Crippen LogP contribution in [0.15, 0.2) is 0 Å². The van der Waals surface area contributed by atoms with Crippen LogP contribution in [-0.2, 0) is 9.59 Å². The maximum atomic E-state index is 10.6. The number of rotatable bonds is 7. The predicted molar refractivity (Wildman–Crippen MR) is 52.9 cm³/mol. The lowest BCUT2D eigenvalue weighted by atomic mass is 10.3. The zero-order valence-electron chi connectivity index (χ0n) is 7.87. The summed E-state index contributed by atoms with van der Waals surface area (Å²) in [6.07, 6.45) is 2.57. The molecule has 0 bridgehead atoms. The van der Waals surface area contributed by atoms with Crippen molar-refractivity contribution in [2.45, 2.75) is 25.1 Å². The second kappa shape index (κ2) is 6.91. The fourth-order valence-corrected chi connectivity index (χ4v) is 1.42. The van der Waals surface area contributed by atoms with Crippen LogP contribution < -0.4 is 5.32 Å². The first-order valence-electron chi connectivity index (χ1n) is 4.03. The van der Waals surface area contributed by atoms with E-state index < -0.39 is 5.97 Å². The Hall–Kier alpha value is -0.550. The van der Waals surface area contributed by atoms with Gasteiger partial charge in [-0.05, 0) is 19.6 Å². The van der Waals surface area contributed by atoms with Gasteiger partial charge in [-0.15, -0.1) is 11.8 Å². The van der Waals surface area contributed by atoms with Gasteiger partial charge in [-0.25, -0.2) is 0 Å². The molecule has 0 amide bonds. The number of thioether (sulfide) groups is 1. The topological polar surface area (TPSA) is 66.4 Å². The van der Waals surface area contributed by atoms with E-state index in [0.29, 0.717) is 13.0 Å². The molecule has 0 saturated heterocycles. The fraction of sp³-hybridized carbons (Fsp3) is 0.750. The number of aliphatic carboxylic acids is 1. The van der Waals surface area contributed by atoms with Crippen molar-refractivity contribution in [2.75, 3.05) is 12.8 Å². The molecule has 2 N–H and O–H groups in total. The molecule has 0 radical (unpaired) electrons. The normalized spacial score (nSPS) is 12.5. The first-order chi connectivity index (χ1) is 6.06. The van der Waals surface area contributed by atoms with Gasteiger partial charge in [-0.2, -0.15) is 0 Å². The third-order valence-electron chi connectivity index (χ3n) is 1.48. The molecule has 0 aliphatic heterocycles. The van der Waals surface area contributed by atoms with Crippen LogP contribution in [0.4, 0.5) is 0 Å². The molecule has 1 atom stereocenters. The highest BCUT2D eigenvalue weighted by atomic mass is 32.2. The summed E-state index contributed by atoms with van der Waals surface area (Å²) in [5, 5.41) is 11.5. The van der Waals surface area contributed by atoms with E-state index in [9.17, 15) is 9.59 Å². The maximum absolute atomic E-state index is 10.6. The number of carboxylic acid groups (broad SMARTS) is 1. The zero-order valence-corrected chi connectivity index (χ0v) is 8.69. The van der Waals surface area contributed by atoms with Gasteiger partial charge in [0.2, 0.25) is 0 Å². The van der Waals surface area contributed by atoms with Crippen molar-refractivity contribution in [3.05, 3.63) is 0 Å². The number of carbonyl (C=O) groups excluding carboxylic acids is 1. The Balaban J connectivity index is 3.63. The van der Waals surface area contributed by atoms with Crippen molar-refractivity contribution >= 4 is 23.5 Å². The van der Waals surface area contributed by atoms with Gasteiger partial charge in [-0.3, -0.25) is 14.9 Å². The highest BCUT2D eigenvalue weighted by Gasteiger charge is 2.08. The molecule has 1 unspecified atom stereocenters. The van der Waals surface area contributed by atoms with Gasteiger partial charge in [0, 0.05) is 6.42 Å². The summed E-state index contributed by atoms with van der Waals surface area (Å²) in [7, 11) is 0. The maximum Gasteiger partial charge on any atom is 0.303 e. The third kappa shape index (κ3) is 7.80. The van der Waals surface area contributed by atoms with Crippen LogP contribution >= 0.6 is 11.8 Å². The van der Waals surface area contributed by atoms with Gasteiger partial charge >= 0.3 is 5.97 Å². The van der Waals surface area contributed by atoms with Gasteiger partial charge in [-0.1, -0.05) is 0 Å². The highest BCUT2D eigenvalue weighted by Crippen LogP contribution is 2.09. The van der Waals surface area contributed by atoms with Crippen molar-refractivity contribution in [3.63, 3.8) is 0 Å². The van der Waals surface area contributed by atoms with Crippen molar-refractivity contribution in [2.24, 2.45) is 0 Å². The van der Waals surface area contributed by atoms with Gasteiger partial charge in [0.1, 0.15) is 5.78 Å². The quantitative estimate of drug-likeness (QED) is 0.599. The Morgan fingerprint density at radius 2 is 2.15 bits per heavy atom. The molecule has 0 aromatic heterocycles. The molecule has 13 heavy (non-hydrogen) atoms. The number of hydrogen-bond acceptors (Lipinski definition) is 4. The lowest BCUT2D eigenvalue weighted by Crippen LogP contribution is -2.30. The van der Waals surface area contributed by atoms with Crippen LogP contribution in [0.5, 0.6) is 0 Å². The Labute approximate surface area is 82.1 Å². The summed E-state index contributed by atoms with van der Waals surface area (Å²) in [6.45, 7) is 1.81. The molecular formula is C8H15NO3S. The number of Topliss-reactive ketones (excluding diaryl/α,β-unsaturated/α-hetero) is 1. The van der Waals surface area contributed by atoms with E-state index in [2.05, 4.69) is 5.32 Å². The number of carboxylic acids is 1. The van der Waals surface area contributed by atoms with Crippen LogP contribution in [-0.4, -0.2) is 35.0 Å². The molecule has 0 aliphatic rings. The molecule has 76 valence electrons. The van der Waals surface area contributed by atoms with Gasteiger partial charge in [0.15, 0.2) is 0 Å². The molecule has 0 aromatic rings. The van der Waals surface area contributed by atoms with Crippen LogP contribution in [0.2, 0.25) is 0 Å². The molecule has 0 aliphatic carbocycles.